The first kappa shape index (κ1) is 11.5. The van der Waals surface area contributed by atoms with Gasteiger partial charge in [-0.25, -0.2) is 0 Å². The van der Waals surface area contributed by atoms with Crippen LogP contribution in [0.15, 0.2) is 0 Å². The Morgan fingerprint density at radius 3 is 2.50 bits per heavy atom. The minimum absolute atomic E-state index is 0.247. The third-order valence-electron chi connectivity index (χ3n) is 2.08. The number of nitrogens with two attached hydrogens (primary N) is 1. The van der Waals surface area contributed by atoms with Crippen LogP contribution in [-0.4, -0.2) is 15.3 Å². The molecule has 0 bridgehead atoms. The van der Waals surface area contributed by atoms with Gasteiger partial charge < -0.3 is 5.73 Å². The SMILES string of the molecule is CCn1nc(C)c(Cl)c1CC(C)(C)N. The van der Waals surface area contributed by atoms with Crippen LogP contribution in [0, 0.1) is 6.92 Å². The van der Waals surface area contributed by atoms with Crippen molar-refractivity contribution in [3.63, 3.8) is 0 Å². The molecular weight excluding hydrogens is 198 g/mol. The molecule has 0 atom stereocenters. The van der Waals surface area contributed by atoms with Gasteiger partial charge >= 0.3 is 0 Å². The van der Waals surface area contributed by atoms with Gasteiger partial charge in [0.2, 0.25) is 0 Å². The van der Waals surface area contributed by atoms with Gasteiger partial charge in [-0.15, -0.1) is 0 Å². The number of aromatic nitrogens is 2. The van der Waals surface area contributed by atoms with Crippen LogP contribution < -0.4 is 5.73 Å². The third kappa shape index (κ3) is 2.49. The number of rotatable bonds is 3. The first-order valence-electron chi connectivity index (χ1n) is 4.86. The number of hydrogen-bond acceptors (Lipinski definition) is 2. The summed E-state index contributed by atoms with van der Waals surface area (Å²) in [4.78, 5) is 0. The standard InChI is InChI=1S/C10H18ClN3/c1-5-14-8(6-10(3,4)12)9(11)7(2)13-14/h5-6,12H2,1-4H3. The Morgan fingerprint density at radius 1 is 1.50 bits per heavy atom. The van der Waals surface area contributed by atoms with Crippen molar-refractivity contribution in [1.82, 2.24) is 9.78 Å². The molecule has 0 radical (unpaired) electrons. The molecule has 0 spiro atoms. The molecular formula is C10H18ClN3. The van der Waals surface area contributed by atoms with E-state index in [1.54, 1.807) is 0 Å². The van der Waals surface area contributed by atoms with E-state index in [0.29, 0.717) is 0 Å². The Morgan fingerprint density at radius 2 is 2.07 bits per heavy atom. The second-order valence-corrected chi connectivity index (χ2v) is 4.71. The molecule has 1 heterocycles. The predicted molar refractivity (Wildman–Crippen MR) is 59.6 cm³/mol. The summed E-state index contributed by atoms with van der Waals surface area (Å²) >= 11 is 6.16. The molecule has 0 aromatic carbocycles. The number of aryl methyl sites for hydroxylation is 2. The quantitative estimate of drug-likeness (QED) is 0.840. The lowest BCUT2D eigenvalue weighted by Gasteiger charge is -2.19. The van der Waals surface area contributed by atoms with Gasteiger partial charge in [0.1, 0.15) is 0 Å². The van der Waals surface area contributed by atoms with Crippen LogP contribution in [-0.2, 0) is 13.0 Å². The summed E-state index contributed by atoms with van der Waals surface area (Å²) < 4.78 is 1.92. The second kappa shape index (κ2) is 3.91. The van der Waals surface area contributed by atoms with Gasteiger partial charge in [0, 0.05) is 18.5 Å². The van der Waals surface area contributed by atoms with Crippen molar-refractivity contribution in [3.05, 3.63) is 16.4 Å². The van der Waals surface area contributed by atoms with Gasteiger partial charge in [-0.2, -0.15) is 5.10 Å². The van der Waals surface area contributed by atoms with Crippen molar-refractivity contribution >= 4 is 11.6 Å². The Balaban J connectivity index is 3.06. The maximum Gasteiger partial charge on any atom is 0.0847 e. The molecule has 0 aliphatic carbocycles. The summed E-state index contributed by atoms with van der Waals surface area (Å²) in [5.41, 5.74) is 7.65. The fourth-order valence-corrected chi connectivity index (χ4v) is 1.67. The number of hydrogen-bond donors (Lipinski definition) is 1. The van der Waals surface area contributed by atoms with E-state index in [-0.39, 0.29) is 5.54 Å². The molecule has 0 aliphatic heterocycles. The maximum absolute atomic E-state index is 6.16. The van der Waals surface area contributed by atoms with Crippen LogP contribution in [0.1, 0.15) is 32.2 Å². The lowest BCUT2D eigenvalue weighted by molar-refractivity contribution is 0.485. The predicted octanol–water partition coefficient (Wildman–Crippen LogP) is 2.14. The zero-order valence-corrected chi connectivity index (χ0v) is 10.0. The van der Waals surface area contributed by atoms with Gasteiger partial charge in [-0.1, -0.05) is 11.6 Å². The second-order valence-electron chi connectivity index (χ2n) is 4.33. The molecule has 0 aliphatic rings. The summed E-state index contributed by atoms with van der Waals surface area (Å²) in [6.07, 6.45) is 0.751. The normalized spacial score (nSPS) is 12.1. The van der Waals surface area contributed by atoms with Crippen LogP contribution in [0.2, 0.25) is 5.02 Å². The highest BCUT2D eigenvalue weighted by Crippen LogP contribution is 2.23. The highest BCUT2D eigenvalue weighted by atomic mass is 35.5. The molecule has 0 amide bonds. The highest BCUT2D eigenvalue weighted by molar-refractivity contribution is 6.31. The molecule has 3 nitrogen and oxygen atoms in total. The Bertz CT molecular complexity index is 323. The average Bonchev–Trinajstić information content (AvgIpc) is 2.30. The van der Waals surface area contributed by atoms with Crippen molar-refractivity contribution < 1.29 is 0 Å². The molecule has 14 heavy (non-hydrogen) atoms. The van der Waals surface area contributed by atoms with Gasteiger partial charge in [0.05, 0.1) is 16.4 Å². The first-order valence-corrected chi connectivity index (χ1v) is 5.23. The zero-order valence-electron chi connectivity index (χ0n) is 9.26. The van der Waals surface area contributed by atoms with Crippen LogP contribution in [0.3, 0.4) is 0 Å². The monoisotopic (exact) mass is 215 g/mol. The number of halogens is 1. The summed E-state index contributed by atoms with van der Waals surface area (Å²) in [6, 6.07) is 0. The van der Waals surface area contributed by atoms with E-state index in [1.807, 2.05) is 25.5 Å². The molecule has 1 rings (SSSR count). The van der Waals surface area contributed by atoms with Gasteiger partial charge in [0.15, 0.2) is 0 Å². The van der Waals surface area contributed by atoms with E-state index in [9.17, 15) is 0 Å². The topological polar surface area (TPSA) is 43.8 Å². The van der Waals surface area contributed by atoms with Crippen LogP contribution in [0.5, 0.6) is 0 Å². The molecule has 2 N–H and O–H groups in total. The van der Waals surface area contributed by atoms with E-state index in [2.05, 4.69) is 12.0 Å². The summed E-state index contributed by atoms with van der Waals surface area (Å²) in [6.45, 7) is 8.79. The van der Waals surface area contributed by atoms with Crippen molar-refractivity contribution in [2.24, 2.45) is 5.73 Å². The fraction of sp³-hybridized carbons (Fsp3) is 0.700. The molecule has 0 fully saturated rings. The molecule has 1 aromatic rings. The maximum atomic E-state index is 6.16. The van der Waals surface area contributed by atoms with Crippen LogP contribution >= 0.6 is 11.6 Å². The Labute approximate surface area is 90.2 Å². The Hall–Kier alpha value is -0.540. The number of nitrogens with zero attached hydrogens (tertiary/aromatic N) is 2. The van der Waals surface area contributed by atoms with Crippen LogP contribution in [0.25, 0.3) is 0 Å². The largest absolute Gasteiger partial charge is 0.325 e. The third-order valence-corrected chi connectivity index (χ3v) is 2.57. The fourth-order valence-electron chi connectivity index (χ4n) is 1.47. The van der Waals surface area contributed by atoms with Crippen molar-refractivity contribution in [3.8, 4) is 0 Å². The summed E-state index contributed by atoms with van der Waals surface area (Å²) in [5, 5.41) is 5.10. The summed E-state index contributed by atoms with van der Waals surface area (Å²) in [7, 11) is 0. The molecule has 80 valence electrons. The van der Waals surface area contributed by atoms with Gasteiger partial charge in [-0.3, -0.25) is 4.68 Å². The van der Waals surface area contributed by atoms with Crippen LogP contribution in [0.4, 0.5) is 0 Å². The van der Waals surface area contributed by atoms with E-state index in [4.69, 9.17) is 17.3 Å². The van der Waals surface area contributed by atoms with E-state index >= 15 is 0 Å². The molecule has 0 saturated heterocycles. The van der Waals surface area contributed by atoms with E-state index < -0.39 is 0 Å². The van der Waals surface area contributed by atoms with Gasteiger partial charge in [0.25, 0.3) is 0 Å². The molecule has 1 aromatic heterocycles. The van der Waals surface area contributed by atoms with E-state index in [1.165, 1.54) is 0 Å². The Kier molecular flexibility index (Phi) is 3.22. The lowest BCUT2D eigenvalue weighted by Crippen LogP contribution is -2.35. The molecule has 0 saturated carbocycles. The zero-order chi connectivity index (χ0) is 10.9. The highest BCUT2D eigenvalue weighted by Gasteiger charge is 2.19. The van der Waals surface area contributed by atoms with Crippen molar-refractivity contribution in [2.45, 2.75) is 46.2 Å². The van der Waals surface area contributed by atoms with Crippen molar-refractivity contribution in [2.75, 3.05) is 0 Å². The van der Waals surface area contributed by atoms with Gasteiger partial charge in [-0.05, 0) is 27.7 Å². The smallest absolute Gasteiger partial charge is 0.0847 e. The molecule has 4 heteroatoms. The lowest BCUT2D eigenvalue weighted by atomic mass is 10.00. The average molecular weight is 216 g/mol. The van der Waals surface area contributed by atoms with Crippen molar-refractivity contribution in [1.29, 1.82) is 0 Å². The summed E-state index contributed by atoms with van der Waals surface area (Å²) in [5.74, 6) is 0. The molecule has 0 unspecified atom stereocenters. The minimum atomic E-state index is -0.247. The van der Waals surface area contributed by atoms with E-state index in [0.717, 1.165) is 29.4 Å². The minimum Gasteiger partial charge on any atom is -0.325 e. The first-order chi connectivity index (χ1) is 6.35.